The number of hydrogen-bond donors (Lipinski definition) is 0. The summed E-state index contributed by atoms with van der Waals surface area (Å²) in [4.78, 5) is 11.4. The monoisotopic (exact) mass is 308 g/mol. The summed E-state index contributed by atoms with van der Waals surface area (Å²) in [6.45, 7) is 4.20. The molecule has 0 aromatic carbocycles. The van der Waals surface area contributed by atoms with Gasteiger partial charge in [-0.2, -0.15) is 0 Å². The minimum absolute atomic E-state index is 0.140. The zero-order valence-corrected chi connectivity index (χ0v) is 13.5. The largest absolute Gasteiger partial charge is 0.509 e. The topological polar surface area (TPSA) is 54.0 Å². The first kappa shape index (κ1) is 16.9. The van der Waals surface area contributed by atoms with E-state index in [2.05, 4.69) is 22.7 Å². The molecule has 0 N–H and O–H groups in total. The lowest BCUT2D eigenvalue weighted by atomic mass is 10.00. The number of ether oxygens (including phenoxy) is 4. The fraction of sp³-hybridized carbons (Fsp3) is 0.706. The molecule has 1 heterocycles. The molecule has 5 heteroatoms. The Kier molecular flexibility index (Phi) is 5.87. The molecule has 22 heavy (non-hydrogen) atoms. The Morgan fingerprint density at radius 1 is 1.50 bits per heavy atom. The summed E-state index contributed by atoms with van der Waals surface area (Å²) in [6, 6.07) is 0. The van der Waals surface area contributed by atoms with Crippen molar-refractivity contribution >= 4 is 6.16 Å². The van der Waals surface area contributed by atoms with Gasteiger partial charge in [-0.25, -0.2) is 4.79 Å². The van der Waals surface area contributed by atoms with Crippen LogP contribution in [0, 0.1) is 11.8 Å². The molecule has 122 valence electrons. The SMILES string of the molecule is COC(=O)OC(C#CC1=CCCCC1)CC1COC(C)(C)O1. The van der Waals surface area contributed by atoms with E-state index >= 15 is 0 Å². The van der Waals surface area contributed by atoms with Crippen molar-refractivity contribution in [2.75, 3.05) is 13.7 Å². The van der Waals surface area contributed by atoms with Gasteiger partial charge in [0.15, 0.2) is 11.9 Å². The van der Waals surface area contributed by atoms with Crippen molar-refractivity contribution in [1.82, 2.24) is 0 Å². The van der Waals surface area contributed by atoms with E-state index in [0.717, 1.165) is 24.8 Å². The highest BCUT2D eigenvalue weighted by atomic mass is 16.7. The van der Waals surface area contributed by atoms with Crippen LogP contribution in [0.2, 0.25) is 0 Å². The predicted molar refractivity (Wildman–Crippen MR) is 81.1 cm³/mol. The molecular formula is C17H24O5. The van der Waals surface area contributed by atoms with Gasteiger partial charge < -0.3 is 18.9 Å². The molecule has 0 bridgehead atoms. The maximum atomic E-state index is 11.4. The summed E-state index contributed by atoms with van der Waals surface area (Å²) in [5.41, 5.74) is 1.12. The number of rotatable bonds is 3. The van der Waals surface area contributed by atoms with Gasteiger partial charge in [0.05, 0.1) is 19.8 Å². The van der Waals surface area contributed by atoms with E-state index in [1.165, 1.54) is 13.5 Å². The van der Waals surface area contributed by atoms with Gasteiger partial charge in [-0.15, -0.1) is 0 Å². The molecule has 0 spiro atoms. The van der Waals surface area contributed by atoms with Crippen LogP contribution in [-0.4, -0.2) is 37.9 Å². The molecule has 2 aliphatic rings. The van der Waals surface area contributed by atoms with Crippen molar-refractivity contribution in [1.29, 1.82) is 0 Å². The number of methoxy groups -OCH3 is 1. The standard InChI is InChI=1S/C17H24O5/c1-17(2)20-12-15(22-17)11-14(21-16(18)19-3)10-9-13-7-5-4-6-8-13/h7,14-15H,4-6,8,11-12H2,1-3H3. The molecule has 2 unspecified atom stereocenters. The van der Waals surface area contributed by atoms with E-state index < -0.39 is 18.0 Å². The van der Waals surface area contributed by atoms with Gasteiger partial charge >= 0.3 is 6.16 Å². The summed E-state index contributed by atoms with van der Waals surface area (Å²) in [7, 11) is 1.29. The molecule has 0 aromatic heterocycles. The van der Waals surface area contributed by atoms with Crippen LogP contribution in [0.4, 0.5) is 4.79 Å². The third-order valence-electron chi connectivity index (χ3n) is 3.63. The Balaban J connectivity index is 1.98. The highest BCUT2D eigenvalue weighted by molar-refractivity contribution is 5.60. The zero-order chi connectivity index (χ0) is 16.0. The average molecular weight is 308 g/mol. The third-order valence-corrected chi connectivity index (χ3v) is 3.63. The Morgan fingerprint density at radius 3 is 2.91 bits per heavy atom. The van der Waals surface area contributed by atoms with Gasteiger partial charge in [-0.05, 0) is 45.1 Å². The second-order valence-corrected chi connectivity index (χ2v) is 5.99. The lowest BCUT2D eigenvalue weighted by molar-refractivity contribution is -0.140. The van der Waals surface area contributed by atoms with E-state index in [1.807, 2.05) is 13.8 Å². The molecule has 2 rings (SSSR count). The Labute approximate surface area is 131 Å². The summed E-state index contributed by atoms with van der Waals surface area (Å²) < 4.78 is 21.1. The van der Waals surface area contributed by atoms with Crippen molar-refractivity contribution in [3.8, 4) is 11.8 Å². The van der Waals surface area contributed by atoms with Crippen LogP contribution in [0.5, 0.6) is 0 Å². The van der Waals surface area contributed by atoms with E-state index in [-0.39, 0.29) is 6.10 Å². The van der Waals surface area contributed by atoms with Crippen LogP contribution in [0.25, 0.3) is 0 Å². The Hall–Kier alpha value is -1.51. The summed E-state index contributed by atoms with van der Waals surface area (Å²) in [5, 5.41) is 0. The number of carbonyl (C=O) groups is 1. The van der Waals surface area contributed by atoms with Gasteiger partial charge in [0.2, 0.25) is 0 Å². The van der Waals surface area contributed by atoms with E-state index in [9.17, 15) is 4.79 Å². The average Bonchev–Trinajstić information content (AvgIpc) is 2.84. The normalized spacial score (nSPS) is 24.7. The van der Waals surface area contributed by atoms with Gasteiger partial charge in [-0.3, -0.25) is 0 Å². The molecule has 2 atom stereocenters. The Bertz CT molecular complexity index is 483. The summed E-state index contributed by atoms with van der Waals surface area (Å²) in [6.07, 6.45) is 5.65. The van der Waals surface area contributed by atoms with Crippen molar-refractivity contribution in [2.24, 2.45) is 0 Å². The molecule has 1 aliphatic heterocycles. The molecule has 1 aliphatic carbocycles. The number of allylic oxidation sites excluding steroid dienone is 2. The van der Waals surface area contributed by atoms with Crippen LogP contribution in [-0.2, 0) is 18.9 Å². The van der Waals surface area contributed by atoms with Crippen LogP contribution in [0.15, 0.2) is 11.6 Å². The van der Waals surface area contributed by atoms with Crippen LogP contribution < -0.4 is 0 Å². The van der Waals surface area contributed by atoms with E-state index in [4.69, 9.17) is 14.2 Å². The summed E-state index contributed by atoms with van der Waals surface area (Å²) >= 11 is 0. The molecule has 1 saturated heterocycles. The molecular weight excluding hydrogens is 284 g/mol. The fourth-order valence-electron chi connectivity index (χ4n) is 2.54. The highest BCUT2D eigenvalue weighted by Crippen LogP contribution is 2.25. The quantitative estimate of drug-likeness (QED) is 0.592. The summed E-state index contributed by atoms with van der Waals surface area (Å²) in [5.74, 6) is 5.56. The molecule has 0 saturated carbocycles. The van der Waals surface area contributed by atoms with Gasteiger partial charge in [0.25, 0.3) is 0 Å². The number of hydrogen-bond acceptors (Lipinski definition) is 5. The molecule has 0 amide bonds. The first-order valence-electron chi connectivity index (χ1n) is 7.75. The minimum Gasteiger partial charge on any atom is -0.438 e. The predicted octanol–water partition coefficient (Wildman–Crippen LogP) is 3.18. The first-order chi connectivity index (χ1) is 10.5. The molecule has 1 fully saturated rings. The van der Waals surface area contributed by atoms with Crippen molar-refractivity contribution in [2.45, 2.75) is 63.9 Å². The van der Waals surface area contributed by atoms with Crippen molar-refractivity contribution in [3.63, 3.8) is 0 Å². The maximum absolute atomic E-state index is 11.4. The van der Waals surface area contributed by atoms with Gasteiger partial charge in [-0.1, -0.05) is 17.9 Å². The van der Waals surface area contributed by atoms with Crippen LogP contribution in [0.3, 0.4) is 0 Å². The van der Waals surface area contributed by atoms with Crippen LogP contribution in [0.1, 0.15) is 46.0 Å². The first-order valence-corrected chi connectivity index (χ1v) is 7.75. The minimum atomic E-state index is -0.727. The second-order valence-electron chi connectivity index (χ2n) is 5.99. The number of carbonyl (C=O) groups excluding carboxylic acids is 1. The molecule has 5 nitrogen and oxygen atoms in total. The lowest BCUT2D eigenvalue weighted by Gasteiger charge is -2.19. The van der Waals surface area contributed by atoms with Gasteiger partial charge in [0, 0.05) is 6.42 Å². The van der Waals surface area contributed by atoms with Gasteiger partial charge in [0.1, 0.15) is 0 Å². The van der Waals surface area contributed by atoms with Crippen LogP contribution >= 0.6 is 0 Å². The second kappa shape index (κ2) is 7.66. The van der Waals surface area contributed by atoms with E-state index in [0.29, 0.717) is 13.0 Å². The maximum Gasteiger partial charge on any atom is 0.509 e. The fourth-order valence-corrected chi connectivity index (χ4v) is 2.54. The van der Waals surface area contributed by atoms with Crippen molar-refractivity contribution < 1.29 is 23.7 Å². The highest BCUT2D eigenvalue weighted by Gasteiger charge is 2.34. The lowest BCUT2D eigenvalue weighted by Crippen LogP contribution is -2.26. The molecule has 0 aromatic rings. The zero-order valence-electron chi connectivity index (χ0n) is 13.5. The third kappa shape index (κ3) is 5.36. The van der Waals surface area contributed by atoms with E-state index in [1.54, 1.807) is 0 Å². The Morgan fingerprint density at radius 2 is 2.32 bits per heavy atom. The molecule has 0 radical (unpaired) electrons. The smallest absolute Gasteiger partial charge is 0.438 e. The van der Waals surface area contributed by atoms with Crippen molar-refractivity contribution in [3.05, 3.63) is 11.6 Å².